The maximum atomic E-state index is 5.90. The van der Waals surface area contributed by atoms with Crippen LogP contribution in [0.4, 0.5) is 5.69 Å². The number of nitrogens with zero attached hydrogens (tertiary/aromatic N) is 3. The number of nitrogens with one attached hydrogen (secondary N) is 1. The first-order valence-corrected chi connectivity index (χ1v) is 7.45. The number of fused-ring (bicyclic) bond motifs is 1. The predicted molar refractivity (Wildman–Crippen MR) is 86.6 cm³/mol. The quantitative estimate of drug-likeness (QED) is 0.771. The summed E-state index contributed by atoms with van der Waals surface area (Å²) in [5, 5.41) is 4.12. The van der Waals surface area contributed by atoms with Crippen LogP contribution in [0.1, 0.15) is 19.2 Å². The summed E-state index contributed by atoms with van der Waals surface area (Å²) in [5.41, 5.74) is 2.92. The molecular weight excluding hydrogens is 284 g/mol. The standard InChI is InChI=1S/C16H17ClN4/c1-2-10-21-15(20-14-4-3-9-18-16(14)21)11-19-13-7-5-12(17)6-8-13/h3-9,19H,2,10-11H2,1H3. The largest absolute Gasteiger partial charge is 0.378 e. The topological polar surface area (TPSA) is 42.7 Å². The van der Waals surface area contributed by atoms with Crippen LogP contribution in [0.25, 0.3) is 11.2 Å². The molecule has 1 aromatic carbocycles. The smallest absolute Gasteiger partial charge is 0.160 e. The van der Waals surface area contributed by atoms with Gasteiger partial charge in [0.25, 0.3) is 0 Å². The molecule has 1 N–H and O–H groups in total. The van der Waals surface area contributed by atoms with Crippen molar-refractivity contribution in [3.8, 4) is 0 Å². The molecule has 0 radical (unpaired) electrons. The zero-order valence-corrected chi connectivity index (χ0v) is 12.6. The van der Waals surface area contributed by atoms with Crippen molar-refractivity contribution in [3.05, 3.63) is 53.4 Å². The van der Waals surface area contributed by atoms with Gasteiger partial charge in [-0.05, 0) is 42.8 Å². The van der Waals surface area contributed by atoms with Gasteiger partial charge in [-0.15, -0.1) is 0 Å². The molecule has 4 nitrogen and oxygen atoms in total. The van der Waals surface area contributed by atoms with E-state index in [1.54, 1.807) is 0 Å². The molecule has 2 aromatic heterocycles. The van der Waals surface area contributed by atoms with E-state index in [1.807, 2.05) is 42.6 Å². The van der Waals surface area contributed by atoms with E-state index < -0.39 is 0 Å². The van der Waals surface area contributed by atoms with Gasteiger partial charge >= 0.3 is 0 Å². The Hall–Kier alpha value is -2.07. The van der Waals surface area contributed by atoms with Gasteiger partial charge in [-0.25, -0.2) is 9.97 Å². The Morgan fingerprint density at radius 2 is 2.00 bits per heavy atom. The lowest BCUT2D eigenvalue weighted by molar-refractivity contribution is 0.656. The van der Waals surface area contributed by atoms with Crippen LogP contribution in [0.3, 0.4) is 0 Å². The fourth-order valence-corrected chi connectivity index (χ4v) is 2.47. The molecule has 0 aliphatic rings. The number of aryl methyl sites for hydroxylation is 1. The first kappa shape index (κ1) is 13.9. The minimum Gasteiger partial charge on any atom is -0.378 e. The van der Waals surface area contributed by atoms with Crippen LogP contribution in [-0.2, 0) is 13.1 Å². The lowest BCUT2D eigenvalue weighted by atomic mass is 10.3. The normalized spacial score (nSPS) is 11.0. The summed E-state index contributed by atoms with van der Waals surface area (Å²) in [5.74, 6) is 1.00. The summed E-state index contributed by atoms with van der Waals surface area (Å²) in [4.78, 5) is 9.12. The van der Waals surface area contributed by atoms with Crippen LogP contribution < -0.4 is 5.32 Å². The molecule has 3 rings (SSSR count). The summed E-state index contributed by atoms with van der Waals surface area (Å²) in [6.07, 6.45) is 2.86. The van der Waals surface area contributed by atoms with Gasteiger partial charge in [0.15, 0.2) is 5.65 Å². The summed E-state index contributed by atoms with van der Waals surface area (Å²) in [6, 6.07) is 11.6. The molecule has 0 aliphatic carbocycles. The monoisotopic (exact) mass is 300 g/mol. The van der Waals surface area contributed by atoms with Gasteiger partial charge in [0.2, 0.25) is 0 Å². The highest BCUT2D eigenvalue weighted by Gasteiger charge is 2.10. The van der Waals surface area contributed by atoms with E-state index in [2.05, 4.69) is 26.8 Å². The third-order valence-corrected chi connectivity index (χ3v) is 3.58. The molecule has 0 spiro atoms. The number of hydrogen-bond acceptors (Lipinski definition) is 3. The highest BCUT2D eigenvalue weighted by Crippen LogP contribution is 2.17. The number of benzene rings is 1. The highest BCUT2D eigenvalue weighted by molar-refractivity contribution is 6.30. The molecule has 0 saturated heterocycles. The number of pyridine rings is 1. The van der Waals surface area contributed by atoms with E-state index in [9.17, 15) is 0 Å². The number of anilines is 1. The van der Waals surface area contributed by atoms with E-state index in [1.165, 1.54) is 0 Å². The van der Waals surface area contributed by atoms with Gasteiger partial charge in [-0.2, -0.15) is 0 Å². The molecule has 0 amide bonds. The van der Waals surface area contributed by atoms with Crippen molar-refractivity contribution in [3.63, 3.8) is 0 Å². The van der Waals surface area contributed by atoms with Crippen molar-refractivity contribution in [2.45, 2.75) is 26.4 Å². The maximum Gasteiger partial charge on any atom is 0.160 e. The van der Waals surface area contributed by atoms with Crippen LogP contribution in [0.15, 0.2) is 42.6 Å². The second-order valence-electron chi connectivity index (χ2n) is 4.89. The van der Waals surface area contributed by atoms with Crippen molar-refractivity contribution in [2.24, 2.45) is 0 Å². The Bertz CT molecular complexity index is 734. The second kappa shape index (κ2) is 6.14. The van der Waals surface area contributed by atoms with Gasteiger partial charge in [-0.1, -0.05) is 18.5 Å². The third kappa shape index (κ3) is 3.00. The number of imidazole rings is 1. The van der Waals surface area contributed by atoms with Crippen LogP contribution in [0.2, 0.25) is 5.02 Å². The minimum absolute atomic E-state index is 0.665. The van der Waals surface area contributed by atoms with Gasteiger partial charge in [0.1, 0.15) is 11.3 Å². The van der Waals surface area contributed by atoms with Gasteiger partial charge in [0.05, 0.1) is 6.54 Å². The average molecular weight is 301 g/mol. The highest BCUT2D eigenvalue weighted by atomic mass is 35.5. The fraction of sp³-hybridized carbons (Fsp3) is 0.250. The van der Waals surface area contributed by atoms with Crippen LogP contribution >= 0.6 is 11.6 Å². The van der Waals surface area contributed by atoms with Crippen molar-refractivity contribution >= 4 is 28.5 Å². The second-order valence-corrected chi connectivity index (χ2v) is 5.32. The lowest BCUT2D eigenvalue weighted by Crippen LogP contribution is -2.09. The fourth-order valence-electron chi connectivity index (χ4n) is 2.35. The Morgan fingerprint density at radius 1 is 1.19 bits per heavy atom. The van der Waals surface area contributed by atoms with Crippen molar-refractivity contribution in [1.82, 2.24) is 14.5 Å². The average Bonchev–Trinajstić information content (AvgIpc) is 2.85. The van der Waals surface area contributed by atoms with Gasteiger partial charge in [-0.3, -0.25) is 0 Å². The van der Waals surface area contributed by atoms with Crippen molar-refractivity contribution < 1.29 is 0 Å². The number of halogens is 1. The summed E-state index contributed by atoms with van der Waals surface area (Å²) < 4.78 is 2.18. The molecule has 0 fully saturated rings. The predicted octanol–water partition coefficient (Wildman–Crippen LogP) is 4.11. The van der Waals surface area contributed by atoms with Crippen molar-refractivity contribution in [2.75, 3.05) is 5.32 Å². The molecule has 0 unspecified atom stereocenters. The molecule has 0 atom stereocenters. The third-order valence-electron chi connectivity index (χ3n) is 3.32. The molecule has 21 heavy (non-hydrogen) atoms. The molecule has 0 bridgehead atoms. The Morgan fingerprint density at radius 3 is 2.76 bits per heavy atom. The molecule has 2 heterocycles. The summed E-state index contributed by atoms with van der Waals surface area (Å²) >= 11 is 5.90. The lowest BCUT2D eigenvalue weighted by Gasteiger charge is -2.09. The van der Waals surface area contributed by atoms with Crippen LogP contribution in [0.5, 0.6) is 0 Å². The van der Waals surface area contributed by atoms with E-state index >= 15 is 0 Å². The SMILES string of the molecule is CCCn1c(CNc2ccc(Cl)cc2)nc2cccnc21. The molecule has 0 aliphatic heterocycles. The molecule has 3 aromatic rings. The summed E-state index contributed by atoms with van der Waals surface area (Å²) in [7, 11) is 0. The van der Waals surface area contributed by atoms with Crippen molar-refractivity contribution in [1.29, 1.82) is 0 Å². The number of hydrogen-bond donors (Lipinski definition) is 1. The van der Waals surface area contributed by atoms with Gasteiger partial charge < -0.3 is 9.88 Å². The minimum atomic E-state index is 0.665. The first-order valence-electron chi connectivity index (χ1n) is 7.07. The summed E-state index contributed by atoms with van der Waals surface area (Å²) in [6.45, 7) is 3.74. The zero-order valence-electron chi connectivity index (χ0n) is 11.9. The van der Waals surface area contributed by atoms with E-state index in [0.717, 1.165) is 40.7 Å². The van der Waals surface area contributed by atoms with Gasteiger partial charge in [0, 0.05) is 23.5 Å². The van der Waals surface area contributed by atoms with E-state index in [4.69, 9.17) is 11.6 Å². The van der Waals surface area contributed by atoms with E-state index in [0.29, 0.717) is 6.54 Å². The molecule has 0 saturated carbocycles. The van der Waals surface area contributed by atoms with Crippen LogP contribution in [-0.4, -0.2) is 14.5 Å². The molecule has 108 valence electrons. The number of rotatable bonds is 5. The zero-order chi connectivity index (χ0) is 14.7. The maximum absolute atomic E-state index is 5.90. The molecular formula is C16H17ClN4. The Labute approximate surface area is 128 Å². The molecule has 5 heteroatoms. The van der Waals surface area contributed by atoms with Crippen LogP contribution in [0, 0.1) is 0 Å². The Kier molecular flexibility index (Phi) is 4.06. The Balaban J connectivity index is 1.85. The number of aromatic nitrogens is 3. The van der Waals surface area contributed by atoms with E-state index in [-0.39, 0.29) is 0 Å². The first-order chi connectivity index (χ1) is 10.3.